The first kappa shape index (κ1) is 12.6. The van der Waals surface area contributed by atoms with Crippen LogP contribution in [-0.2, 0) is 11.2 Å². The number of rotatable bonds is 6. The highest BCUT2D eigenvalue weighted by atomic mass is 16.5. The van der Waals surface area contributed by atoms with Gasteiger partial charge in [0, 0.05) is 6.42 Å². The summed E-state index contributed by atoms with van der Waals surface area (Å²) in [4.78, 5) is 11.4. The fraction of sp³-hybridized carbons (Fsp3) is 0.545. The summed E-state index contributed by atoms with van der Waals surface area (Å²) in [5.41, 5.74) is 6.41. The van der Waals surface area contributed by atoms with Crippen molar-refractivity contribution in [1.29, 1.82) is 0 Å². The summed E-state index contributed by atoms with van der Waals surface area (Å²) in [5, 5.41) is 7.68. The average molecular weight is 223 g/mol. The first-order valence-electron chi connectivity index (χ1n) is 5.47. The predicted octanol–water partition coefficient (Wildman–Crippen LogP) is 0.935. The molecular formula is C11H17N3O2. The Kier molecular flexibility index (Phi) is 5.42. The molecule has 0 amide bonds. The number of carbonyl (C=O) groups is 1. The molecule has 2 N–H and O–H groups in total. The van der Waals surface area contributed by atoms with Gasteiger partial charge in [-0.15, -0.1) is 5.10 Å². The van der Waals surface area contributed by atoms with E-state index in [1.54, 1.807) is 12.1 Å². The molecule has 5 heteroatoms. The number of hydrogen-bond acceptors (Lipinski definition) is 5. The van der Waals surface area contributed by atoms with Crippen LogP contribution in [0.4, 0.5) is 0 Å². The summed E-state index contributed by atoms with van der Waals surface area (Å²) >= 11 is 0. The standard InChI is InChI=1S/C11H17N3O2/c1-2-3-8-16-11(15)10-5-4-9(6-7-12)13-14-10/h4-5H,2-3,6-8,12H2,1H3. The lowest BCUT2D eigenvalue weighted by Crippen LogP contribution is -2.11. The van der Waals surface area contributed by atoms with E-state index in [0.717, 1.165) is 18.5 Å². The first-order valence-corrected chi connectivity index (χ1v) is 5.47. The van der Waals surface area contributed by atoms with Gasteiger partial charge < -0.3 is 10.5 Å². The van der Waals surface area contributed by atoms with Crippen LogP contribution in [0.15, 0.2) is 12.1 Å². The van der Waals surface area contributed by atoms with E-state index in [-0.39, 0.29) is 5.69 Å². The van der Waals surface area contributed by atoms with Crippen LogP contribution >= 0.6 is 0 Å². The molecule has 1 heterocycles. The molecule has 16 heavy (non-hydrogen) atoms. The molecule has 0 aliphatic carbocycles. The molecule has 0 atom stereocenters. The molecule has 0 aliphatic rings. The third-order valence-corrected chi connectivity index (χ3v) is 2.06. The number of nitrogens with two attached hydrogens (primary N) is 1. The number of nitrogens with zero attached hydrogens (tertiary/aromatic N) is 2. The Morgan fingerprint density at radius 3 is 2.81 bits per heavy atom. The van der Waals surface area contributed by atoms with Crippen molar-refractivity contribution in [2.24, 2.45) is 5.73 Å². The van der Waals surface area contributed by atoms with Gasteiger partial charge >= 0.3 is 5.97 Å². The molecule has 1 aromatic heterocycles. The molecule has 5 nitrogen and oxygen atoms in total. The monoisotopic (exact) mass is 223 g/mol. The molecule has 0 saturated carbocycles. The van der Waals surface area contributed by atoms with Crippen LogP contribution in [0.5, 0.6) is 0 Å². The van der Waals surface area contributed by atoms with Crippen LogP contribution in [0.25, 0.3) is 0 Å². The first-order chi connectivity index (χ1) is 7.77. The van der Waals surface area contributed by atoms with Crippen molar-refractivity contribution in [3.05, 3.63) is 23.5 Å². The van der Waals surface area contributed by atoms with Gasteiger partial charge in [0.1, 0.15) is 0 Å². The zero-order valence-electron chi connectivity index (χ0n) is 9.48. The average Bonchev–Trinajstić information content (AvgIpc) is 2.30. The Balaban J connectivity index is 2.49. The van der Waals surface area contributed by atoms with Crippen LogP contribution in [0.1, 0.15) is 35.9 Å². The highest BCUT2D eigenvalue weighted by Gasteiger charge is 2.08. The Hall–Kier alpha value is -1.49. The van der Waals surface area contributed by atoms with E-state index in [1.165, 1.54) is 0 Å². The second kappa shape index (κ2) is 6.90. The topological polar surface area (TPSA) is 78.1 Å². The molecular weight excluding hydrogens is 206 g/mol. The molecule has 88 valence electrons. The smallest absolute Gasteiger partial charge is 0.358 e. The van der Waals surface area contributed by atoms with Gasteiger partial charge in [-0.3, -0.25) is 0 Å². The van der Waals surface area contributed by atoms with Crippen molar-refractivity contribution in [3.63, 3.8) is 0 Å². The minimum absolute atomic E-state index is 0.247. The fourth-order valence-corrected chi connectivity index (χ4v) is 1.13. The van der Waals surface area contributed by atoms with Gasteiger partial charge in [0.05, 0.1) is 12.3 Å². The number of carbonyl (C=O) groups excluding carboxylic acids is 1. The molecule has 0 unspecified atom stereocenters. The molecule has 1 aromatic rings. The van der Waals surface area contributed by atoms with Crippen LogP contribution in [-0.4, -0.2) is 29.3 Å². The Bertz CT molecular complexity index is 325. The largest absolute Gasteiger partial charge is 0.461 e. The predicted molar refractivity (Wildman–Crippen MR) is 60.0 cm³/mol. The summed E-state index contributed by atoms with van der Waals surface area (Å²) < 4.78 is 5.00. The molecule has 0 fully saturated rings. The Morgan fingerprint density at radius 1 is 1.44 bits per heavy atom. The zero-order chi connectivity index (χ0) is 11.8. The second-order valence-electron chi connectivity index (χ2n) is 3.44. The number of ether oxygens (including phenoxy) is 1. The molecule has 0 aromatic carbocycles. The van der Waals surface area contributed by atoms with E-state index in [1.807, 2.05) is 6.92 Å². The Labute approximate surface area is 95.0 Å². The van der Waals surface area contributed by atoms with E-state index in [0.29, 0.717) is 19.6 Å². The molecule has 0 radical (unpaired) electrons. The number of aromatic nitrogens is 2. The third kappa shape index (κ3) is 3.94. The number of hydrogen-bond donors (Lipinski definition) is 1. The lowest BCUT2D eigenvalue weighted by Gasteiger charge is -2.03. The van der Waals surface area contributed by atoms with Gasteiger partial charge in [0.2, 0.25) is 0 Å². The lowest BCUT2D eigenvalue weighted by atomic mass is 10.3. The van der Waals surface area contributed by atoms with Crippen molar-refractivity contribution in [1.82, 2.24) is 10.2 Å². The zero-order valence-corrected chi connectivity index (χ0v) is 9.48. The highest BCUT2D eigenvalue weighted by Crippen LogP contribution is 2.00. The van der Waals surface area contributed by atoms with E-state index < -0.39 is 5.97 Å². The molecule has 0 bridgehead atoms. The van der Waals surface area contributed by atoms with Gasteiger partial charge in [-0.2, -0.15) is 5.10 Å². The molecule has 0 saturated heterocycles. The van der Waals surface area contributed by atoms with Crippen LogP contribution in [0, 0.1) is 0 Å². The van der Waals surface area contributed by atoms with Crippen LogP contribution < -0.4 is 5.73 Å². The van der Waals surface area contributed by atoms with E-state index in [4.69, 9.17) is 10.5 Å². The summed E-state index contributed by atoms with van der Waals surface area (Å²) in [6, 6.07) is 3.36. The maximum atomic E-state index is 11.4. The van der Waals surface area contributed by atoms with Gasteiger partial charge in [-0.05, 0) is 25.1 Å². The minimum atomic E-state index is -0.416. The van der Waals surface area contributed by atoms with Gasteiger partial charge in [-0.1, -0.05) is 13.3 Å². The van der Waals surface area contributed by atoms with E-state index >= 15 is 0 Å². The van der Waals surface area contributed by atoms with Crippen molar-refractivity contribution >= 4 is 5.97 Å². The maximum absolute atomic E-state index is 11.4. The third-order valence-electron chi connectivity index (χ3n) is 2.06. The Morgan fingerprint density at radius 2 is 2.25 bits per heavy atom. The summed E-state index contributed by atoms with van der Waals surface area (Å²) in [6.45, 7) is 2.99. The normalized spacial score (nSPS) is 10.1. The van der Waals surface area contributed by atoms with Crippen LogP contribution in [0.2, 0.25) is 0 Å². The number of esters is 1. The van der Waals surface area contributed by atoms with Gasteiger partial charge in [-0.25, -0.2) is 4.79 Å². The fourth-order valence-electron chi connectivity index (χ4n) is 1.13. The number of unbranched alkanes of at least 4 members (excludes halogenated alkanes) is 1. The summed E-state index contributed by atoms with van der Waals surface area (Å²) in [7, 11) is 0. The van der Waals surface area contributed by atoms with Gasteiger partial charge in [0.25, 0.3) is 0 Å². The van der Waals surface area contributed by atoms with Crippen molar-refractivity contribution < 1.29 is 9.53 Å². The van der Waals surface area contributed by atoms with E-state index in [9.17, 15) is 4.79 Å². The van der Waals surface area contributed by atoms with Crippen LogP contribution in [0.3, 0.4) is 0 Å². The van der Waals surface area contributed by atoms with Crippen molar-refractivity contribution in [3.8, 4) is 0 Å². The summed E-state index contributed by atoms with van der Waals surface area (Å²) in [5.74, 6) is -0.416. The second-order valence-corrected chi connectivity index (χ2v) is 3.44. The highest BCUT2D eigenvalue weighted by molar-refractivity contribution is 5.86. The SMILES string of the molecule is CCCCOC(=O)c1ccc(CCN)nn1. The van der Waals surface area contributed by atoms with Gasteiger partial charge in [0.15, 0.2) is 5.69 Å². The maximum Gasteiger partial charge on any atom is 0.358 e. The molecule has 0 aliphatic heterocycles. The van der Waals surface area contributed by atoms with Crippen molar-refractivity contribution in [2.75, 3.05) is 13.2 Å². The molecule has 0 spiro atoms. The van der Waals surface area contributed by atoms with Crippen molar-refractivity contribution in [2.45, 2.75) is 26.2 Å². The molecule has 1 rings (SSSR count). The summed E-state index contributed by atoms with van der Waals surface area (Å²) in [6.07, 6.45) is 2.52. The quantitative estimate of drug-likeness (QED) is 0.573. The van der Waals surface area contributed by atoms with E-state index in [2.05, 4.69) is 10.2 Å². The lowest BCUT2D eigenvalue weighted by molar-refractivity contribution is 0.0491. The minimum Gasteiger partial charge on any atom is -0.461 e.